The largest absolute Gasteiger partial charge is 0.312 e. The molecule has 17 heavy (non-hydrogen) atoms. The van der Waals surface area contributed by atoms with Gasteiger partial charge in [0.15, 0.2) is 0 Å². The van der Waals surface area contributed by atoms with E-state index in [4.69, 9.17) is 0 Å². The standard InChI is InChI=1S/C15H23NS/c1-11(2)8-9-17-14-10-12-6-4-5-7-13(12)15(14)16-3/h4-7,11,14-16H,8-10H2,1-3H3. The highest BCUT2D eigenvalue weighted by Crippen LogP contribution is 2.38. The molecule has 0 fully saturated rings. The van der Waals surface area contributed by atoms with E-state index in [0.29, 0.717) is 6.04 Å². The lowest BCUT2D eigenvalue weighted by atomic mass is 10.1. The summed E-state index contributed by atoms with van der Waals surface area (Å²) in [4.78, 5) is 0. The SMILES string of the molecule is CNC1c2ccccc2CC1SCCC(C)C. The summed E-state index contributed by atoms with van der Waals surface area (Å²) in [6.45, 7) is 4.61. The number of thioether (sulfide) groups is 1. The molecule has 0 saturated heterocycles. The molecule has 2 rings (SSSR count). The van der Waals surface area contributed by atoms with E-state index < -0.39 is 0 Å². The van der Waals surface area contributed by atoms with Crippen LogP contribution in [0.2, 0.25) is 0 Å². The van der Waals surface area contributed by atoms with Crippen LogP contribution < -0.4 is 5.32 Å². The second-order valence-corrected chi connectivity index (χ2v) is 6.61. The molecule has 2 heteroatoms. The molecule has 1 aliphatic rings. The number of nitrogens with one attached hydrogen (secondary N) is 1. The van der Waals surface area contributed by atoms with Gasteiger partial charge in [-0.25, -0.2) is 0 Å². The van der Waals surface area contributed by atoms with Crippen LogP contribution in [0, 0.1) is 5.92 Å². The summed E-state index contributed by atoms with van der Waals surface area (Å²) >= 11 is 2.14. The summed E-state index contributed by atoms with van der Waals surface area (Å²) in [5, 5.41) is 4.21. The van der Waals surface area contributed by atoms with Crippen molar-refractivity contribution in [2.24, 2.45) is 5.92 Å². The van der Waals surface area contributed by atoms with Gasteiger partial charge in [-0.2, -0.15) is 11.8 Å². The Morgan fingerprint density at radius 3 is 2.82 bits per heavy atom. The molecule has 2 unspecified atom stereocenters. The highest BCUT2D eigenvalue weighted by atomic mass is 32.2. The summed E-state index contributed by atoms with van der Waals surface area (Å²) in [6, 6.07) is 9.42. The minimum atomic E-state index is 0.545. The van der Waals surface area contributed by atoms with Crippen molar-refractivity contribution in [3.05, 3.63) is 35.4 Å². The van der Waals surface area contributed by atoms with Crippen molar-refractivity contribution in [3.8, 4) is 0 Å². The van der Waals surface area contributed by atoms with E-state index in [1.807, 2.05) is 0 Å². The molecule has 0 radical (unpaired) electrons. The van der Waals surface area contributed by atoms with Crippen molar-refractivity contribution >= 4 is 11.8 Å². The van der Waals surface area contributed by atoms with Crippen molar-refractivity contribution in [1.29, 1.82) is 0 Å². The third-order valence-electron chi connectivity index (χ3n) is 3.52. The molecule has 1 aliphatic carbocycles. The van der Waals surface area contributed by atoms with E-state index in [2.05, 4.69) is 62.2 Å². The Hall–Kier alpha value is -0.470. The zero-order chi connectivity index (χ0) is 12.3. The summed E-state index contributed by atoms with van der Waals surface area (Å²) in [7, 11) is 2.09. The van der Waals surface area contributed by atoms with Gasteiger partial charge < -0.3 is 5.32 Å². The molecule has 94 valence electrons. The maximum Gasteiger partial charge on any atom is 0.0444 e. The van der Waals surface area contributed by atoms with Gasteiger partial charge in [0.1, 0.15) is 0 Å². The highest BCUT2D eigenvalue weighted by molar-refractivity contribution is 7.99. The molecule has 0 aromatic heterocycles. The zero-order valence-corrected chi connectivity index (χ0v) is 11.9. The first kappa shape index (κ1) is 13.0. The quantitative estimate of drug-likeness (QED) is 0.855. The van der Waals surface area contributed by atoms with Crippen molar-refractivity contribution in [1.82, 2.24) is 5.32 Å². The van der Waals surface area contributed by atoms with E-state index in [1.54, 1.807) is 0 Å². The number of fused-ring (bicyclic) bond motifs is 1. The lowest BCUT2D eigenvalue weighted by Crippen LogP contribution is -2.23. The molecule has 0 saturated carbocycles. The van der Waals surface area contributed by atoms with E-state index in [0.717, 1.165) is 11.2 Å². The predicted molar refractivity (Wildman–Crippen MR) is 77.6 cm³/mol. The molecule has 0 amide bonds. The van der Waals surface area contributed by atoms with Crippen LogP contribution in [-0.2, 0) is 6.42 Å². The zero-order valence-electron chi connectivity index (χ0n) is 11.1. The van der Waals surface area contributed by atoms with Gasteiger partial charge in [-0.1, -0.05) is 38.1 Å². The van der Waals surface area contributed by atoms with Crippen LogP contribution in [-0.4, -0.2) is 18.1 Å². The van der Waals surface area contributed by atoms with Gasteiger partial charge in [0.25, 0.3) is 0 Å². The number of hydrogen-bond acceptors (Lipinski definition) is 2. The first-order valence-corrected chi connectivity index (χ1v) is 7.64. The first-order chi connectivity index (χ1) is 8.22. The third-order valence-corrected chi connectivity index (χ3v) is 4.86. The van der Waals surface area contributed by atoms with Crippen LogP contribution in [0.1, 0.15) is 37.4 Å². The minimum Gasteiger partial charge on any atom is -0.312 e. The second-order valence-electron chi connectivity index (χ2n) is 5.26. The topological polar surface area (TPSA) is 12.0 Å². The Morgan fingerprint density at radius 2 is 2.12 bits per heavy atom. The molecule has 0 heterocycles. The number of hydrogen-bond donors (Lipinski definition) is 1. The highest BCUT2D eigenvalue weighted by Gasteiger charge is 2.30. The van der Waals surface area contributed by atoms with Crippen LogP contribution in [0.25, 0.3) is 0 Å². The molecule has 1 aromatic rings. The summed E-state index contributed by atoms with van der Waals surface area (Å²) in [5.41, 5.74) is 3.05. The summed E-state index contributed by atoms with van der Waals surface area (Å²) in [5.74, 6) is 2.11. The van der Waals surface area contributed by atoms with Gasteiger partial charge in [0, 0.05) is 11.3 Å². The Kier molecular flexibility index (Phi) is 4.52. The molecule has 1 nitrogen and oxygen atoms in total. The first-order valence-electron chi connectivity index (χ1n) is 6.59. The van der Waals surface area contributed by atoms with Gasteiger partial charge in [0.2, 0.25) is 0 Å². The van der Waals surface area contributed by atoms with Gasteiger partial charge >= 0.3 is 0 Å². The average Bonchev–Trinajstić information content (AvgIpc) is 2.66. The monoisotopic (exact) mass is 249 g/mol. The van der Waals surface area contributed by atoms with Crippen molar-refractivity contribution < 1.29 is 0 Å². The fourth-order valence-corrected chi connectivity index (χ4v) is 4.19. The maximum atomic E-state index is 3.49. The number of rotatable bonds is 5. The van der Waals surface area contributed by atoms with E-state index in [9.17, 15) is 0 Å². The van der Waals surface area contributed by atoms with Crippen molar-refractivity contribution in [2.45, 2.75) is 38.0 Å². The van der Waals surface area contributed by atoms with E-state index in [1.165, 1.54) is 29.7 Å². The molecule has 0 aliphatic heterocycles. The van der Waals surface area contributed by atoms with E-state index >= 15 is 0 Å². The Balaban J connectivity index is 1.97. The molecule has 0 spiro atoms. The van der Waals surface area contributed by atoms with Crippen molar-refractivity contribution in [2.75, 3.05) is 12.8 Å². The molecule has 1 N–H and O–H groups in total. The third kappa shape index (κ3) is 3.05. The van der Waals surface area contributed by atoms with Crippen LogP contribution in [0.5, 0.6) is 0 Å². The lowest BCUT2D eigenvalue weighted by Gasteiger charge is -2.19. The van der Waals surface area contributed by atoms with Gasteiger partial charge in [-0.15, -0.1) is 0 Å². The fraction of sp³-hybridized carbons (Fsp3) is 0.600. The second kappa shape index (κ2) is 5.92. The van der Waals surface area contributed by atoms with Gasteiger partial charge in [0.05, 0.1) is 0 Å². The van der Waals surface area contributed by atoms with Crippen molar-refractivity contribution in [3.63, 3.8) is 0 Å². The molecular formula is C15H23NS. The molecule has 1 aromatic carbocycles. The van der Waals surface area contributed by atoms with Gasteiger partial charge in [-0.05, 0) is 42.7 Å². The van der Waals surface area contributed by atoms with E-state index in [-0.39, 0.29) is 0 Å². The predicted octanol–water partition coefficient (Wildman–Crippen LogP) is 3.65. The lowest BCUT2D eigenvalue weighted by molar-refractivity contribution is 0.598. The Morgan fingerprint density at radius 1 is 1.35 bits per heavy atom. The molecule has 0 bridgehead atoms. The van der Waals surface area contributed by atoms with Crippen LogP contribution in [0.15, 0.2) is 24.3 Å². The molecular weight excluding hydrogens is 226 g/mol. The van der Waals surface area contributed by atoms with Gasteiger partial charge in [-0.3, -0.25) is 0 Å². The smallest absolute Gasteiger partial charge is 0.0444 e. The minimum absolute atomic E-state index is 0.545. The van der Waals surface area contributed by atoms with Crippen LogP contribution in [0.3, 0.4) is 0 Å². The maximum absolute atomic E-state index is 3.49. The number of benzene rings is 1. The average molecular weight is 249 g/mol. The fourth-order valence-electron chi connectivity index (χ4n) is 2.51. The molecule has 2 atom stereocenters. The van der Waals surface area contributed by atoms with Crippen LogP contribution >= 0.6 is 11.8 Å². The van der Waals surface area contributed by atoms with Crippen LogP contribution in [0.4, 0.5) is 0 Å². The Labute approximate surface area is 109 Å². The summed E-state index contributed by atoms with van der Waals surface area (Å²) in [6.07, 6.45) is 2.55. The Bertz CT molecular complexity index is 362. The normalized spacial score (nSPS) is 23.1. The summed E-state index contributed by atoms with van der Waals surface area (Å²) < 4.78 is 0.